The van der Waals surface area contributed by atoms with Gasteiger partial charge in [-0.1, -0.05) is 27.7 Å². The van der Waals surface area contributed by atoms with Crippen LogP contribution in [0.5, 0.6) is 0 Å². The topological polar surface area (TPSA) is 28.2 Å². The maximum Gasteiger partial charge on any atom is 0.185 e. The molecule has 1 unspecified atom stereocenters. The highest BCUT2D eigenvalue weighted by Crippen LogP contribution is 2.34. The van der Waals surface area contributed by atoms with Gasteiger partial charge in [-0.15, -0.1) is 11.3 Å². The zero-order chi connectivity index (χ0) is 15.3. The van der Waals surface area contributed by atoms with Crippen LogP contribution in [-0.4, -0.2) is 36.6 Å². The Hall–Kier alpha value is -0.260. The van der Waals surface area contributed by atoms with Crippen LogP contribution in [0.3, 0.4) is 0 Å². The predicted octanol–water partition coefficient (Wildman–Crippen LogP) is 3.74. The average Bonchev–Trinajstić information content (AvgIpc) is 2.79. The fourth-order valence-corrected chi connectivity index (χ4v) is 3.99. The fourth-order valence-electron chi connectivity index (χ4n) is 1.98. The van der Waals surface area contributed by atoms with E-state index in [9.17, 15) is 0 Å². The molecule has 0 spiro atoms. The first-order chi connectivity index (χ1) is 9.31. The summed E-state index contributed by atoms with van der Waals surface area (Å²) in [4.78, 5) is 8.62. The zero-order valence-electron chi connectivity index (χ0n) is 13.9. The van der Waals surface area contributed by atoms with Crippen LogP contribution in [0.1, 0.15) is 45.2 Å². The molecule has 0 aliphatic carbocycles. The molecule has 0 fully saturated rings. The maximum atomic E-state index is 4.93. The second kappa shape index (κ2) is 7.66. The van der Waals surface area contributed by atoms with Crippen molar-refractivity contribution in [2.75, 3.05) is 30.5 Å². The van der Waals surface area contributed by atoms with Crippen molar-refractivity contribution in [3.63, 3.8) is 0 Å². The Kier molecular flexibility index (Phi) is 6.82. The average molecular weight is 316 g/mol. The number of aromatic nitrogens is 1. The van der Waals surface area contributed by atoms with Gasteiger partial charge >= 0.3 is 0 Å². The van der Waals surface area contributed by atoms with Gasteiger partial charge in [0.05, 0.1) is 5.69 Å². The van der Waals surface area contributed by atoms with E-state index in [2.05, 4.69) is 58.1 Å². The summed E-state index contributed by atoms with van der Waals surface area (Å²) in [7, 11) is 2.16. The van der Waals surface area contributed by atoms with E-state index in [1.54, 1.807) is 0 Å². The molecule has 0 saturated heterocycles. The number of anilines is 1. The maximum absolute atomic E-state index is 4.93. The molecule has 1 atom stereocenters. The molecule has 0 bridgehead atoms. The molecular formula is C15H29N3S2. The number of nitrogens with one attached hydrogen (secondary N) is 1. The third-order valence-electron chi connectivity index (χ3n) is 3.30. The van der Waals surface area contributed by atoms with Gasteiger partial charge < -0.3 is 10.2 Å². The Balaban J connectivity index is 3.01. The molecule has 1 aromatic heterocycles. The summed E-state index contributed by atoms with van der Waals surface area (Å²) in [5.41, 5.74) is 1.34. The second-order valence-electron chi connectivity index (χ2n) is 6.21. The van der Waals surface area contributed by atoms with Crippen LogP contribution in [0, 0.1) is 0 Å². The molecule has 0 aliphatic heterocycles. The van der Waals surface area contributed by atoms with Crippen molar-refractivity contribution < 1.29 is 0 Å². The van der Waals surface area contributed by atoms with E-state index in [-0.39, 0.29) is 5.41 Å². The summed E-state index contributed by atoms with van der Waals surface area (Å²) in [6, 6.07) is 0.510. The van der Waals surface area contributed by atoms with Crippen molar-refractivity contribution in [3.8, 4) is 0 Å². The van der Waals surface area contributed by atoms with Gasteiger partial charge in [0, 0.05) is 35.7 Å². The van der Waals surface area contributed by atoms with Crippen molar-refractivity contribution in [2.45, 2.75) is 52.6 Å². The monoisotopic (exact) mass is 315 g/mol. The van der Waals surface area contributed by atoms with Gasteiger partial charge in [0.1, 0.15) is 0 Å². The Morgan fingerprint density at radius 2 is 2.05 bits per heavy atom. The van der Waals surface area contributed by atoms with Gasteiger partial charge in [-0.05, 0) is 19.7 Å². The third-order valence-corrected chi connectivity index (χ3v) is 5.26. The van der Waals surface area contributed by atoms with Crippen molar-refractivity contribution in [3.05, 3.63) is 10.6 Å². The lowest BCUT2D eigenvalue weighted by Crippen LogP contribution is -2.30. The summed E-state index contributed by atoms with van der Waals surface area (Å²) in [5, 5.41) is 4.57. The molecule has 3 nitrogen and oxygen atoms in total. The SMILES string of the molecule is CCNCc1sc(N(C)C(C)CSC)nc1C(C)(C)C. The molecule has 0 aromatic carbocycles. The smallest absolute Gasteiger partial charge is 0.185 e. The molecule has 1 heterocycles. The number of thiazole rings is 1. The third kappa shape index (κ3) is 4.64. The van der Waals surface area contributed by atoms with Crippen molar-refractivity contribution in [2.24, 2.45) is 0 Å². The summed E-state index contributed by atoms with van der Waals surface area (Å²) >= 11 is 3.72. The van der Waals surface area contributed by atoms with Gasteiger partial charge in [0.25, 0.3) is 0 Å². The van der Waals surface area contributed by atoms with Crippen LogP contribution in [0.15, 0.2) is 0 Å². The van der Waals surface area contributed by atoms with E-state index in [1.807, 2.05) is 23.1 Å². The van der Waals surface area contributed by atoms with E-state index in [1.165, 1.54) is 10.6 Å². The minimum Gasteiger partial charge on any atom is -0.348 e. The molecule has 0 aliphatic rings. The van der Waals surface area contributed by atoms with E-state index in [4.69, 9.17) is 4.98 Å². The van der Waals surface area contributed by atoms with Gasteiger partial charge in [0.2, 0.25) is 0 Å². The largest absolute Gasteiger partial charge is 0.348 e. The Bertz CT molecular complexity index is 410. The number of rotatable bonds is 7. The molecule has 116 valence electrons. The second-order valence-corrected chi connectivity index (χ2v) is 8.19. The lowest BCUT2D eigenvalue weighted by Gasteiger charge is -2.23. The van der Waals surface area contributed by atoms with Crippen molar-refractivity contribution in [1.29, 1.82) is 0 Å². The van der Waals surface area contributed by atoms with Crippen LogP contribution in [-0.2, 0) is 12.0 Å². The molecule has 1 aromatic rings. The Morgan fingerprint density at radius 1 is 1.40 bits per heavy atom. The van der Waals surface area contributed by atoms with E-state index >= 15 is 0 Å². The summed E-state index contributed by atoms with van der Waals surface area (Å²) in [5.74, 6) is 1.13. The van der Waals surface area contributed by atoms with Crippen LogP contribution < -0.4 is 10.2 Å². The van der Waals surface area contributed by atoms with E-state index in [0.29, 0.717) is 6.04 Å². The number of nitrogens with zero attached hydrogens (tertiary/aromatic N) is 2. The zero-order valence-corrected chi connectivity index (χ0v) is 15.5. The van der Waals surface area contributed by atoms with Gasteiger partial charge in [-0.3, -0.25) is 0 Å². The molecule has 0 saturated carbocycles. The highest BCUT2D eigenvalue weighted by atomic mass is 32.2. The lowest BCUT2D eigenvalue weighted by atomic mass is 9.91. The summed E-state index contributed by atoms with van der Waals surface area (Å²) in [6.45, 7) is 13.1. The van der Waals surface area contributed by atoms with Gasteiger partial charge in [0.15, 0.2) is 5.13 Å². The minimum absolute atomic E-state index is 0.100. The normalized spacial score (nSPS) is 13.6. The molecule has 1 N–H and O–H groups in total. The molecule has 1 rings (SSSR count). The summed E-state index contributed by atoms with van der Waals surface area (Å²) < 4.78 is 0. The number of thioether (sulfide) groups is 1. The first kappa shape index (κ1) is 17.8. The van der Waals surface area contributed by atoms with Crippen LogP contribution in [0.25, 0.3) is 0 Å². The molecule has 5 heteroatoms. The molecule has 0 radical (unpaired) electrons. The minimum atomic E-state index is 0.100. The van der Waals surface area contributed by atoms with E-state index < -0.39 is 0 Å². The van der Waals surface area contributed by atoms with Gasteiger partial charge in [-0.2, -0.15) is 11.8 Å². The van der Waals surface area contributed by atoms with Crippen LogP contribution in [0.2, 0.25) is 0 Å². The number of hydrogen-bond donors (Lipinski definition) is 1. The standard InChI is InChI=1S/C15H29N3S2/c1-8-16-9-12-13(15(3,4)5)17-14(20-12)18(6)11(2)10-19-7/h11,16H,8-10H2,1-7H3. The van der Waals surface area contributed by atoms with Crippen molar-refractivity contribution in [1.82, 2.24) is 10.3 Å². The number of hydrogen-bond acceptors (Lipinski definition) is 5. The first-order valence-electron chi connectivity index (χ1n) is 7.23. The summed E-state index contributed by atoms with van der Waals surface area (Å²) in [6.07, 6.45) is 2.16. The van der Waals surface area contributed by atoms with Crippen molar-refractivity contribution >= 4 is 28.2 Å². The van der Waals surface area contributed by atoms with Gasteiger partial charge in [-0.25, -0.2) is 4.98 Å². The molecule has 20 heavy (non-hydrogen) atoms. The Labute approximate surface area is 132 Å². The molecular weight excluding hydrogens is 286 g/mol. The fraction of sp³-hybridized carbons (Fsp3) is 0.800. The molecule has 0 amide bonds. The van der Waals surface area contributed by atoms with Crippen LogP contribution >= 0.6 is 23.1 Å². The highest BCUT2D eigenvalue weighted by Gasteiger charge is 2.25. The van der Waals surface area contributed by atoms with E-state index in [0.717, 1.165) is 24.0 Å². The first-order valence-corrected chi connectivity index (χ1v) is 9.45. The quantitative estimate of drug-likeness (QED) is 0.830. The predicted molar refractivity (Wildman–Crippen MR) is 94.4 cm³/mol. The lowest BCUT2D eigenvalue weighted by molar-refractivity contribution is 0.560. The Morgan fingerprint density at radius 3 is 2.55 bits per heavy atom. The highest BCUT2D eigenvalue weighted by molar-refractivity contribution is 7.98. The van der Waals surface area contributed by atoms with Crippen LogP contribution in [0.4, 0.5) is 5.13 Å².